The third-order valence-corrected chi connectivity index (χ3v) is 4.09. The zero-order valence-corrected chi connectivity index (χ0v) is 13.0. The molecular weight excluding hydrogens is 352 g/mol. The van der Waals surface area contributed by atoms with E-state index >= 15 is 0 Å². The van der Waals surface area contributed by atoms with Crippen molar-refractivity contribution >= 4 is 11.4 Å². The number of aromatic amines is 1. The van der Waals surface area contributed by atoms with E-state index in [9.17, 15) is 22.4 Å². The molecule has 2 aromatic heterocycles. The number of nitrogens with one attached hydrogen (secondary N) is 1. The number of aromatic nitrogens is 4. The Kier molecular flexibility index (Phi) is 3.53. The molecule has 1 aromatic carbocycles. The number of nitrogens with zero attached hydrogens (tertiary/aromatic N) is 3. The normalized spacial score (nSPS) is 13.8. The smallest absolute Gasteiger partial charge is 0.323 e. The van der Waals surface area contributed by atoms with Crippen LogP contribution in [-0.2, 0) is 12.6 Å². The zero-order valence-electron chi connectivity index (χ0n) is 13.0. The van der Waals surface area contributed by atoms with E-state index in [1.54, 1.807) is 18.2 Å². The molecule has 1 aliphatic carbocycles. The maximum Gasteiger partial charge on any atom is 0.419 e. The lowest BCUT2D eigenvalue weighted by Gasteiger charge is -2.14. The van der Waals surface area contributed by atoms with Crippen molar-refractivity contribution in [1.29, 1.82) is 0 Å². The first kappa shape index (κ1) is 16.2. The minimum absolute atomic E-state index is 0.116. The van der Waals surface area contributed by atoms with Crippen LogP contribution in [0.5, 0.6) is 0 Å². The maximum absolute atomic E-state index is 13.5. The Hall–Kier alpha value is -3.23. The quantitative estimate of drug-likeness (QED) is 0.728. The molecule has 0 amide bonds. The molecule has 5 nitrogen and oxygen atoms in total. The molecule has 0 radical (unpaired) electrons. The standard InChI is InChI=1S/C17H10F4N4O/c18-13-5-4-9(7-12(13)17(19,20)21)6-11-14(10-2-1-3-10)24-16-22-8-23-25(16)15(11)26/h1-5,7-8H,6H2,(H,22,23,24). The van der Waals surface area contributed by atoms with Gasteiger partial charge in [-0.3, -0.25) is 4.79 Å². The van der Waals surface area contributed by atoms with Gasteiger partial charge in [-0.15, -0.1) is 0 Å². The van der Waals surface area contributed by atoms with Gasteiger partial charge >= 0.3 is 6.18 Å². The van der Waals surface area contributed by atoms with E-state index in [1.165, 1.54) is 12.4 Å². The van der Waals surface area contributed by atoms with E-state index in [1.807, 2.05) is 0 Å². The van der Waals surface area contributed by atoms with Crippen LogP contribution in [0.25, 0.3) is 11.4 Å². The fourth-order valence-corrected chi connectivity index (χ4v) is 2.77. The molecule has 1 aliphatic rings. The Morgan fingerprint density at radius 3 is 2.65 bits per heavy atom. The average Bonchev–Trinajstić information content (AvgIpc) is 2.98. The van der Waals surface area contributed by atoms with Crippen LogP contribution in [0.1, 0.15) is 22.4 Å². The number of rotatable bonds is 3. The first-order chi connectivity index (χ1) is 12.3. The van der Waals surface area contributed by atoms with Crippen LogP contribution in [0.3, 0.4) is 0 Å². The van der Waals surface area contributed by atoms with Crippen LogP contribution < -0.4 is 5.56 Å². The molecular formula is C17H10F4N4O. The summed E-state index contributed by atoms with van der Waals surface area (Å²) in [5.41, 5.74) is -0.299. The van der Waals surface area contributed by atoms with Crippen LogP contribution >= 0.6 is 0 Å². The summed E-state index contributed by atoms with van der Waals surface area (Å²) in [4.78, 5) is 19.6. The lowest BCUT2D eigenvalue weighted by atomic mass is 9.96. The van der Waals surface area contributed by atoms with Gasteiger partial charge in [-0.05, 0) is 23.3 Å². The van der Waals surface area contributed by atoms with Crippen molar-refractivity contribution < 1.29 is 17.6 Å². The molecule has 0 unspecified atom stereocenters. The largest absolute Gasteiger partial charge is 0.419 e. The first-order valence-electron chi connectivity index (χ1n) is 7.54. The van der Waals surface area contributed by atoms with Crippen molar-refractivity contribution in [2.75, 3.05) is 0 Å². The third-order valence-electron chi connectivity index (χ3n) is 4.09. The molecule has 0 bridgehead atoms. The van der Waals surface area contributed by atoms with Crippen molar-refractivity contribution in [2.45, 2.75) is 12.6 Å². The topological polar surface area (TPSA) is 63.0 Å². The van der Waals surface area contributed by atoms with Crippen LogP contribution in [0.2, 0.25) is 0 Å². The van der Waals surface area contributed by atoms with Crippen LogP contribution in [0.15, 0.2) is 47.5 Å². The Morgan fingerprint density at radius 1 is 1.23 bits per heavy atom. The minimum Gasteiger partial charge on any atom is -0.323 e. The summed E-state index contributed by atoms with van der Waals surface area (Å²) in [6.45, 7) is 0. The van der Waals surface area contributed by atoms with Crippen molar-refractivity contribution in [3.8, 4) is 0 Å². The van der Waals surface area contributed by atoms with E-state index in [0.717, 1.165) is 22.2 Å². The summed E-state index contributed by atoms with van der Waals surface area (Å²) in [7, 11) is 0. The van der Waals surface area contributed by atoms with E-state index in [2.05, 4.69) is 15.1 Å². The van der Waals surface area contributed by atoms with Crippen molar-refractivity contribution in [3.63, 3.8) is 0 Å². The number of fused-ring (bicyclic) bond motifs is 1. The van der Waals surface area contributed by atoms with Crippen LogP contribution in [0.4, 0.5) is 17.6 Å². The van der Waals surface area contributed by atoms with Gasteiger partial charge in [0, 0.05) is 12.0 Å². The number of halogens is 4. The van der Waals surface area contributed by atoms with Gasteiger partial charge in [-0.25, -0.2) is 4.39 Å². The second-order valence-electron chi connectivity index (χ2n) is 5.75. The lowest BCUT2D eigenvalue weighted by molar-refractivity contribution is -0.140. The molecule has 0 fully saturated rings. The highest BCUT2D eigenvalue weighted by atomic mass is 19.4. The highest BCUT2D eigenvalue weighted by Crippen LogP contribution is 2.32. The molecule has 0 atom stereocenters. The van der Waals surface area contributed by atoms with Crippen molar-refractivity contribution in [1.82, 2.24) is 19.6 Å². The summed E-state index contributed by atoms with van der Waals surface area (Å²) in [5, 5.41) is 3.82. The molecule has 0 spiro atoms. The van der Waals surface area contributed by atoms with E-state index in [-0.39, 0.29) is 23.3 Å². The van der Waals surface area contributed by atoms with Crippen molar-refractivity contribution in [2.24, 2.45) is 0 Å². The molecule has 9 heteroatoms. The third kappa shape index (κ3) is 2.61. The SMILES string of the molecule is O=c1c(Cc2ccc(F)c(C(F)(F)F)c2)c(C2=CC=C2)[nH]c2ncnn12. The zero-order chi connectivity index (χ0) is 18.5. The van der Waals surface area contributed by atoms with Gasteiger partial charge < -0.3 is 4.98 Å². The highest BCUT2D eigenvalue weighted by Gasteiger charge is 2.34. The summed E-state index contributed by atoms with van der Waals surface area (Å²) >= 11 is 0. The minimum atomic E-state index is -4.82. The molecule has 0 saturated carbocycles. The lowest BCUT2D eigenvalue weighted by Crippen LogP contribution is -2.23. The summed E-state index contributed by atoms with van der Waals surface area (Å²) < 4.78 is 53.3. The number of hydrogen-bond acceptors (Lipinski definition) is 3. The number of hydrogen-bond donors (Lipinski definition) is 1. The second-order valence-corrected chi connectivity index (χ2v) is 5.75. The van der Waals surface area contributed by atoms with Gasteiger partial charge in [0.2, 0.25) is 5.78 Å². The predicted octanol–water partition coefficient (Wildman–Crippen LogP) is 3.12. The van der Waals surface area contributed by atoms with Gasteiger partial charge in [0.15, 0.2) is 0 Å². The molecule has 0 saturated heterocycles. The van der Waals surface area contributed by atoms with E-state index in [4.69, 9.17) is 0 Å². The Morgan fingerprint density at radius 2 is 2.00 bits per heavy atom. The van der Waals surface area contributed by atoms with Gasteiger partial charge in [0.25, 0.3) is 5.56 Å². The van der Waals surface area contributed by atoms with Gasteiger partial charge in [-0.2, -0.15) is 27.8 Å². The fraction of sp³-hybridized carbons (Fsp3) is 0.118. The number of allylic oxidation sites excluding steroid dienone is 4. The number of H-pyrrole nitrogens is 1. The predicted molar refractivity (Wildman–Crippen MR) is 84.9 cm³/mol. The van der Waals surface area contributed by atoms with Crippen LogP contribution in [0, 0.1) is 5.82 Å². The molecule has 0 aliphatic heterocycles. The molecule has 2 heterocycles. The van der Waals surface area contributed by atoms with Gasteiger partial charge in [0.1, 0.15) is 12.1 Å². The molecule has 3 aromatic rings. The van der Waals surface area contributed by atoms with Gasteiger partial charge in [0.05, 0.1) is 11.3 Å². The second kappa shape index (κ2) is 5.65. The number of alkyl halides is 3. The van der Waals surface area contributed by atoms with E-state index in [0.29, 0.717) is 5.69 Å². The highest BCUT2D eigenvalue weighted by molar-refractivity contribution is 5.81. The molecule has 4 rings (SSSR count). The van der Waals surface area contributed by atoms with Crippen molar-refractivity contribution in [3.05, 3.63) is 81.3 Å². The summed E-state index contributed by atoms with van der Waals surface area (Å²) in [6, 6.07) is 2.70. The maximum atomic E-state index is 13.5. The average molecular weight is 362 g/mol. The molecule has 26 heavy (non-hydrogen) atoms. The number of benzene rings is 1. The Labute approximate surface area is 143 Å². The molecule has 1 N–H and O–H groups in total. The summed E-state index contributed by atoms with van der Waals surface area (Å²) in [6.07, 6.45) is 1.55. The summed E-state index contributed by atoms with van der Waals surface area (Å²) in [5.74, 6) is -1.13. The van der Waals surface area contributed by atoms with Crippen LogP contribution in [-0.4, -0.2) is 19.6 Å². The monoisotopic (exact) mass is 362 g/mol. The van der Waals surface area contributed by atoms with Gasteiger partial charge in [-0.1, -0.05) is 24.3 Å². The Bertz CT molecular complexity index is 1140. The Balaban J connectivity index is 1.85. The fourth-order valence-electron chi connectivity index (χ4n) is 2.77. The van der Waals surface area contributed by atoms with E-state index < -0.39 is 23.1 Å². The first-order valence-corrected chi connectivity index (χ1v) is 7.54. The molecule has 132 valence electrons.